The number of benzene rings is 1. The first-order valence-electron chi connectivity index (χ1n) is 6.64. The molecule has 1 unspecified atom stereocenters. The summed E-state index contributed by atoms with van der Waals surface area (Å²) in [5, 5.41) is 10.1. The third kappa shape index (κ3) is 5.80. The summed E-state index contributed by atoms with van der Waals surface area (Å²) in [4.78, 5) is 34.1. The highest BCUT2D eigenvalue weighted by molar-refractivity contribution is 5.98. The summed E-state index contributed by atoms with van der Waals surface area (Å²) in [6, 6.07) is 5.66. The largest absolute Gasteiger partial charge is 0.375 e. The second-order valence-corrected chi connectivity index (χ2v) is 4.49. The maximum Gasteiger partial charge on any atom is 0.321 e. The first-order valence-corrected chi connectivity index (χ1v) is 6.64. The normalized spacial score (nSPS) is 11.2. The third-order valence-corrected chi connectivity index (χ3v) is 2.68. The molecule has 0 aliphatic rings. The fraction of sp³-hybridized carbons (Fsp3) is 0.357. The number of anilines is 2. The monoisotopic (exact) mass is 308 g/mol. The van der Waals surface area contributed by atoms with Gasteiger partial charge in [0.15, 0.2) is 0 Å². The Labute approximate surface area is 128 Å². The number of rotatable bonds is 6. The van der Waals surface area contributed by atoms with Crippen LogP contribution in [0.2, 0.25) is 0 Å². The van der Waals surface area contributed by atoms with Crippen molar-refractivity contribution in [2.75, 3.05) is 31.4 Å². The molecule has 1 atom stereocenters. The number of hydrogen-bond donors (Lipinski definition) is 4. The lowest BCUT2D eigenvalue weighted by Crippen LogP contribution is -2.44. The quantitative estimate of drug-likeness (QED) is 0.613. The maximum absolute atomic E-state index is 11.7. The van der Waals surface area contributed by atoms with Gasteiger partial charge in [-0.1, -0.05) is 0 Å². The van der Waals surface area contributed by atoms with Gasteiger partial charge in [-0.05, 0) is 31.2 Å². The van der Waals surface area contributed by atoms with Gasteiger partial charge in [0.25, 0.3) is 0 Å². The minimum absolute atomic E-state index is 0.0172. The second kappa shape index (κ2) is 8.63. The Morgan fingerprint density at radius 2 is 1.73 bits per heavy atom. The van der Waals surface area contributed by atoms with Gasteiger partial charge < -0.3 is 20.7 Å². The molecule has 0 aromatic heterocycles. The molecule has 120 valence electrons. The van der Waals surface area contributed by atoms with Gasteiger partial charge >= 0.3 is 6.03 Å². The molecule has 1 aromatic carbocycles. The molecule has 4 amide bonds. The van der Waals surface area contributed by atoms with E-state index in [1.165, 1.54) is 14.2 Å². The smallest absolute Gasteiger partial charge is 0.321 e. The van der Waals surface area contributed by atoms with Crippen LogP contribution in [0.25, 0.3) is 0 Å². The predicted molar refractivity (Wildman–Crippen MR) is 82.6 cm³/mol. The van der Waals surface area contributed by atoms with E-state index in [2.05, 4.69) is 21.3 Å². The van der Waals surface area contributed by atoms with Crippen LogP contribution >= 0.6 is 0 Å². The van der Waals surface area contributed by atoms with Gasteiger partial charge in [-0.2, -0.15) is 0 Å². The number of nitrogens with one attached hydrogen (secondary N) is 4. The number of urea groups is 1. The van der Waals surface area contributed by atoms with Gasteiger partial charge in [0.05, 0.1) is 0 Å². The Morgan fingerprint density at radius 3 is 2.27 bits per heavy atom. The van der Waals surface area contributed by atoms with Gasteiger partial charge in [0.1, 0.15) is 12.6 Å². The summed E-state index contributed by atoms with van der Waals surface area (Å²) < 4.78 is 4.72. The van der Waals surface area contributed by atoms with Crippen LogP contribution in [0.15, 0.2) is 24.3 Å². The van der Waals surface area contributed by atoms with Gasteiger partial charge in [-0.15, -0.1) is 0 Å². The zero-order chi connectivity index (χ0) is 16.5. The van der Waals surface area contributed by atoms with Crippen molar-refractivity contribution < 1.29 is 19.1 Å². The van der Waals surface area contributed by atoms with Crippen LogP contribution in [-0.2, 0) is 14.3 Å². The van der Waals surface area contributed by atoms with Crippen molar-refractivity contribution in [1.82, 2.24) is 10.6 Å². The fourth-order valence-corrected chi connectivity index (χ4v) is 1.58. The molecule has 8 nitrogen and oxygen atoms in total. The lowest BCUT2D eigenvalue weighted by molar-refractivity contribution is -0.120. The highest BCUT2D eigenvalue weighted by atomic mass is 16.5. The van der Waals surface area contributed by atoms with E-state index in [0.29, 0.717) is 11.4 Å². The zero-order valence-electron chi connectivity index (χ0n) is 12.7. The van der Waals surface area contributed by atoms with E-state index in [-0.39, 0.29) is 12.5 Å². The Morgan fingerprint density at radius 1 is 1.14 bits per heavy atom. The number of methoxy groups -OCH3 is 1. The number of carbonyl (C=O) groups is 3. The molecule has 0 heterocycles. The molecule has 22 heavy (non-hydrogen) atoms. The highest BCUT2D eigenvalue weighted by Gasteiger charge is 2.14. The van der Waals surface area contributed by atoms with Crippen LogP contribution < -0.4 is 21.3 Å². The summed E-state index contributed by atoms with van der Waals surface area (Å²) in [5.41, 5.74) is 1.30. The molecular weight excluding hydrogens is 288 g/mol. The van der Waals surface area contributed by atoms with Gasteiger partial charge in [0.2, 0.25) is 11.8 Å². The fourth-order valence-electron chi connectivity index (χ4n) is 1.58. The summed E-state index contributed by atoms with van der Waals surface area (Å²) in [6.45, 7) is 1.61. The molecule has 0 saturated heterocycles. The average Bonchev–Trinajstić information content (AvgIpc) is 2.49. The SMILES string of the molecule is CNC(=O)NC(=O)C(C)Nc1ccc(NC(=O)COC)cc1. The van der Waals surface area contributed by atoms with E-state index in [1.807, 2.05) is 0 Å². The molecule has 0 saturated carbocycles. The average molecular weight is 308 g/mol. The van der Waals surface area contributed by atoms with Crippen molar-refractivity contribution in [1.29, 1.82) is 0 Å². The molecule has 1 rings (SSSR count). The summed E-state index contributed by atoms with van der Waals surface area (Å²) in [5.74, 6) is -0.696. The van der Waals surface area contributed by atoms with Crippen LogP contribution in [0.1, 0.15) is 6.92 Å². The Hall–Kier alpha value is -2.61. The van der Waals surface area contributed by atoms with E-state index in [1.54, 1.807) is 31.2 Å². The summed E-state index contributed by atoms with van der Waals surface area (Å²) in [6.07, 6.45) is 0. The number of carbonyl (C=O) groups excluding carboxylic acids is 3. The van der Waals surface area contributed by atoms with Crippen LogP contribution in [0, 0.1) is 0 Å². The number of ether oxygens (including phenoxy) is 1. The lowest BCUT2D eigenvalue weighted by atomic mass is 10.2. The zero-order valence-corrected chi connectivity index (χ0v) is 12.7. The van der Waals surface area contributed by atoms with E-state index in [0.717, 1.165) is 0 Å². The number of imide groups is 1. The summed E-state index contributed by atoms with van der Waals surface area (Å²) in [7, 11) is 2.87. The van der Waals surface area contributed by atoms with Crippen molar-refractivity contribution in [3.05, 3.63) is 24.3 Å². The molecule has 0 fully saturated rings. The Kier molecular flexibility index (Phi) is 6.84. The first-order chi connectivity index (χ1) is 10.5. The van der Waals surface area contributed by atoms with Crippen LogP contribution in [0.4, 0.5) is 16.2 Å². The van der Waals surface area contributed by atoms with Crippen LogP contribution in [-0.4, -0.2) is 44.7 Å². The van der Waals surface area contributed by atoms with E-state index in [9.17, 15) is 14.4 Å². The topological polar surface area (TPSA) is 109 Å². The van der Waals surface area contributed by atoms with Crippen molar-refractivity contribution in [3.8, 4) is 0 Å². The van der Waals surface area contributed by atoms with Crippen molar-refractivity contribution in [3.63, 3.8) is 0 Å². The van der Waals surface area contributed by atoms with Crippen LogP contribution in [0.5, 0.6) is 0 Å². The van der Waals surface area contributed by atoms with Crippen molar-refractivity contribution >= 4 is 29.2 Å². The minimum atomic E-state index is -0.591. The van der Waals surface area contributed by atoms with Gasteiger partial charge in [0, 0.05) is 25.5 Å². The molecule has 8 heteroatoms. The summed E-state index contributed by atoms with van der Waals surface area (Å²) >= 11 is 0. The first kappa shape index (κ1) is 17.4. The lowest BCUT2D eigenvalue weighted by Gasteiger charge is -2.15. The minimum Gasteiger partial charge on any atom is -0.375 e. The van der Waals surface area contributed by atoms with Gasteiger partial charge in [-0.3, -0.25) is 14.9 Å². The third-order valence-electron chi connectivity index (χ3n) is 2.68. The molecule has 4 N–H and O–H groups in total. The number of amides is 4. The molecule has 0 spiro atoms. The predicted octanol–water partition coefficient (Wildman–Crippen LogP) is 0.527. The van der Waals surface area contributed by atoms with Gasteiger partial charge in [-0.25, -0.2) is 4.79 Å². The Balaban J connectivity index is 2.54. The second-order valence-electron chi connectivity index (χ2n) is 4.49. The van der Waals surface area contributed by atoms with E-state index in [4.69, 9.17) is 4.74 Å². The van der Waals surface area contributed by atoms with Crippen LogP contribution in [0.3, 0.4) is 0 Å². The highest BCUT2D eigenvalue weighted by Crippen LogP contribution is 2.14. The van der Waals surface area contributed by atoms with E-state index < -0.39 is 18.0 Å². The standard InChI is InChI=1S/C14H20N4O4/c1-9(13(20)18-14(21)15-2)16-10-4-6-11(7-5-10)17-12(19)8-22-3/h4-7,9,16H,8H2,1-3H3,(H,17,19)(H2,15,18,20,21). The van der Waals surface area contributed by atoms with Crippen molar-refractivity contribution in [2.24, 2.45) is 0 Å². The molecule has 1 aromatic rings. The number of hydrogen-bond acceptors (Lipinski definition) is 5. The molecule has 0 aliphatic heterocycles. The Bertz CT molecular complexity index is 530. The van der Waals surface area contributed by atoms with E-state index >= 15 is 0 Å². The molecular formula is C14H20N4O4. The molecule has 0 aliphatic carbocycles. The molecule has 0 radical (unpaired) electrons. The maximum atomic E-state index is 11.7. The van der Waals surface area contributed by atoms with Crippen molar-refractivity contribution in [2.45, 2.75) is 13.0 Å². The molecule has 0 bridgehead atoms.